The minimum Gasteiger partial charge on any atom is -0.394 e. The predicted molar refractivity (Wildman–Crippen MR) is 194 cm³/mol. The van der Waals surface area contributed by atoms with Crippen molar-refractivity contribution in [3.63, 3.8) is 0 Å². The van der Waals surface area contributed by atoms with Gasteiger partial charge in [0.15, 0.2) is 48.7 Å². The first-order valence-electron chi connectivity index (χ1n) is 17.4. The average molecular weight is 826 g/mol. The van der Waals surface area contributed by atoms with Crippen molar-refractivity contribution in [1.82, 2.24) is 0 Å². The molecule has 0 spiro atoms. The van der Waals surface area contributed by atoms with E-state index in [0.29, 0.717) is 0 Å². The Morgan fingerprint density at radius 2 is 0.895 bits per heavy atom. The Morgan fingerprint density at radius 3 is 1.39 bits per heavy atom. The standard InChI is InChI=1S/C28H55N15O14/c29-24(30)39-2-7-13(47)15(49)10(42-27(35)36)21(52-7)56-19-9(4-45)54-23(17(19)51)57-20-12(46)5(40-25(31)32)1-6(41-26(33)34)18(20)55-22-11(43-28(37)38)16(50)14(48)8(3-44)53-22/h5-23,44-51H,1-4H2,(H4,29,30,39)(H4,31,32,40)(H4,33,34,41)(H4,35,36,42)(H4,37,38,43)/t5-,6+,7?,8-,9-,10-,11-,12+,13-,14-,15-,16-,17-,18-,19-,20-,21-,22-,23+/m1/s1. The van der Waals surface area contributed by atoms with Crippen LogP contribution >= 0.6 is 0 Å². The number of ether oxygens (including phenoxy) is 6. The number of hydrogen-bond acceptors (Lipinski definition) is 19. The lowest BCUT2D eigenvalue weighted by atomic mass is 9.83. The highest BCUT2D eigenvalue weighted by Gasteiger charge is 2.56. The molecular formula is C28H55N15O14. The first-order chi connectivity index (χ1) is 26.8. The maximum absolute atomic E-state index is 11.7. The molecule has 19 atom stereocenters. The van der Waals surface area contributed by atoms with Crippen molar-refractivity contribution in [2.24, 2.45) is 82.3 Å². The number of nitrogens with two attached hydrogens (primary N) is 10. The van der Waals surface area contributed by atoms with Crippen LogP contribution in [0.3, 0.4) is 0 Å². The highest BCUT2D eigenvalue weighted by Crippen LogP contribution is 2.37. The van der Waals surface area contributed by atoms with Gasteiger partial charge in [0.05, 0.1) is 31.8 Å². The van der Waals surface area contributed by atoms with E-state index >= 15 is 0 Å². The maximum Gasteiger partial charge on any atom is 0.187 e. The number of rotatable bonds is 14. The highest BCUT2D eigenvalue weighted by atomic mass is 16.8. The molecule has 0 amide bonds. The van der Waals surface area contributed by atoms with Gasteiger partial charge in [-0.2, -0.15) is 0 Å². The van der Waals surface area contributed by atoms with Crippen molar-refractivity contribution in [3.05, 3.63) is 0 Å². The Hall–Kier alpha value is -4.21. The molecule has 4 fully saturated rings. The van der Waals surface area contributed by atoms with E-state index in [-0.39, 0.29) is 18.9 Å². The maximum atomic E-state index is 11.7. The van der Waals surface area contributed by atoms with Crippen LogP contribution in [-0.4, -0.2) is 207 Å². The van der Waals surface area contributed by atoms with Crippen LogP contribution in [0.5, 0.6) is 0 Å². The van der Waals surface area contributed by atoms with Crippen LogP contribution in [0, 0.1) is 0 Å². The molecule has 4 aliphatic rings. The lowest BCUT2D eigenvalue weighted by Gasteiger charge is -2.47. The van der Waals surface area contributed by atoms with Crippen molar-refractivity contribution < 1.29 is 69.3 Å². The number of aliphatic hydroxyl groups excluding tert-OH is 8. The third-order valence-electron chi connectivity index (χ3n) is 9.46. The molecule has 3 aliphatic heterocycles. The summed E-state index contributed by atoms with van der Waals surface area (Å²) in [6.45, 7) is -1.97. The summed E-state index contributed by atoms with van der Waals surface area (Å²) in [5.74, 6) is -2.36. The van der Waals surface area contributed by atoms with Gasteiger partial charge in [-0.3, -0.25) is 4.99 Å². The van der Waals surface area contributed by atoms with Crippen molar-refractivity contribution in [2.45, 2.75) is 123 Å². The lowest BCUT2D eigenvalue weighted by Crippen LogP contribution is -2.64. The number of guanidine groups is 5. The van der Waals surface area contributed by atoms with E-state index in [2.05, 4.69) is 25.0 Å². The second kappa shape index (κ2) is 19.5. The molecule has 1 aliphatic carbocycles. The Kier molecular flexibility index (Phi) is 15.6. The Balaban J connectivity index is 1.71. The van der Waals surface area contributed by atoms with E-state index in [1.165, 1.54) is 0 Å². The van der Waals surface area contributed by atoms with Crippen LogP contribution in [0.2, 0.25) is 0 Å². The largest absolute Gasteiger partial charge is 0.394 e. The van der Waals surface area contributed by atoms with Gasteiger partial charge in [0, 0.05) is 0 Å². The third-order valence-corrected chi connectivity index (χ3v) is 9.46. The number of nitrogens with zero attached hydrogens (tertiary/aromatic N) is 5. The number of aliphatic imine (C=N–C) groups is 5. The monoisotopic (exact) mass is 825 g/mol. The minimum atomic E-state index is -1.86. The Bertz CT molecular complexity index is 1480. The summed E-state index contributed by atoms with van der Waals surface area (Å²) < 4.78 is 35.8. The lowest BCUT2D eigenvalue weighted by molar-refractivity contribution is -0.310. The zero-order valence-electron chi connectivity index (χ0n) is 30.3. The molecule has 1 unspecified atom stereocenters. The molecule has 57 heavy (non-hydrogen) atoms. The smallest absolute Gasteiger partial charge is 0.187 e. The van der Waals surface area contributed by atoms with Gasteiger partial charge in [-0.1, -0.05) is 0 Å². The number of aliphatic hydroxyl groups is 8. The van der Waals surface area contributed by atoms with E-state index in [9.17, 15) is 40.9 Å². The summed E-state index contributed by atoms with van der Waals surface area (Å²) in [4.78, 5) is 19.9. The van der Waals surface area contributed by atoms with E-state index in [1.807, 2.05) is 0 Å². The summed E-state index contributed by atoms with van der Waals surface area (Å²) in [5.41, 5.74) is 55.9. The first-order valence-corrected chi connectivity index (χ1v) is 17.4. The van der Waals surface area contributed by atoms with Gasteiger partial charge in [-0.25, -0.2) is 20.0 Å². The van der Waals surface area contributed by atoms with Gasteiger partial charge in [0.1, 0.15) is 85.3 Å². The fourth-order valence-electron chi connectivity index (χ4n) is 6.89. The summed E-state index contributed by atoms with van der Waals surface area (Å²) in [5, 5.41) is 86.6. The van der Waals surface area contributed by atoms with Gasteiger partial charge >= 0.3 is 0 Å². The quantitative estimate of drug-likeness (QED) is 0.0571. The van der Waals surface area contributed by atoms with Gasteiger partial charge in [0.25, 0.3) is 0 Å². The molecule has 29 nitrogen and oxygen atoms in total. The summed E-state index contributed by atoms with van der Waals surface area (Å²) in [6.07, 6.45) is -24.7. The van der Waals surface area contributed by atoms with Gasteiger partial charge in [-0.15, -0.1) is 0 Å². The van der Waals surface area contributed by atoms with E-state index in [0.717, 1.165) is 0 Å². The second-order valence-electron chi connectivity index (χ2n) is 13.6. The zero-order valence-corrected chi connectivity index (χ0v) is 30.3. The summed E-state index contributed by atoms with van der Waals surface area (Å²) >= 11 is 0. The molecule has 29 heteroatoms. The Labute approximate surface area is 323 Å². The van der Waals surface area contributed by atoms with Crippen molar-refractivity contribution in [3.8, 4) is 0 Å². The van der Waals surface area contributed by atoms with E-state index < -0.39 is 153 Å². The Morgan fingerprint density at radius 1 is 0.456 bits per heavy atom. The fraction of sp³-hybridized carbons (Fsp3) is 0.821. The second-order valence-corrected chi connectivity index (χ2v) is 13.6. The van der Waals surface area contributed by atoms with Crippen LogP contribution in [-0.2, 0) is 28.4 Å². The topological polar surface area (TPSA) is 539 Å². The van der Waals surface area contributed by atoms with Crippen LogP contribution in [0.15, 0.2) is 25.0 Å². The van der Waals surface area contributed by atoms with Crippen molar-refractivity contribution in [2.75, 3.05) is 19.8 Å². The minimum absolute atomic E-state index is 0.213. The van der Waals surface area contributed by atoms with Crippen molar-refractivity contribution in [1.29, 1.82) is 0 Å². The van der Waals surface area contributed by atoms with E-state index in [4.69, 9.17) is 85.8 Å². The molecule has 0 aromatic carbocycles. The summed E-state index contributed by atoms with van der Waals surface area (Å²) in [7, 11) is 0. The average Bonchev–Trinajstić information content (AvgIpc) is 3.42. The normalized spacial score (nSPS) is 42.0. The molecule has 28 N–H and O–H groups in total. The molecule has 0 radical (unpaired) electrons. The fourth-order valence-corrected chi connectivity index (χ4v) is 6.89. The molecule has 0 aromatic heterocycles. The van der Waals surface area contributed by atoms with Crippen LogP contribution in [0.1, 0.15) is 6.42 Å². The zero-order chi connectivity index (χ0) is 42.5. The molecule has 4 rings (SSSR count). The third kappa shape index (κ3) is 10.8. The SMILES string of the molecule is NC(N)=NCC1O[C@H](O[C@H]2[C@@H](O)[C@H](O[C@@H]3[C@@H](O)[C@H](N=C(N)N)C[C@H](N=C(N)N)[C@H]3O[C@H]3O[C@H](CO)[C@@H](O)[C@H](O)[C@H]3N=C(N)N)O[C@@H]2CO)[C@H](N=C(N)N)[C@@H](O)[C@@H]1O. The van der Waals surface area contributed by atoms with Gasteiger partial charge in [0.2, 0.25) is 0 Å². The van der Waals surface area contributed by atoms with Crippen LogP contribution < -0.4 is 57.3 Å². The first kappa shape index (κ1) is 45.5. The molecule has 1 saturated carbocycles. The van der Waals surface area contributed by atoms with Gasteiger partial charge < -0.3 is 127 Å². The molecule has 0 aromatic rings. The molecule has 3 heterocycles. The number of hydrogen-bond donors (Lipinski definition) is 18. The highest BCUT2D eigenvalue weighted by molar-refractivity contribution is 5.77. The van der Waals surface area contributed by atoms with E-state index in [1.54, 1.807) is 0 Å². The molecule has 3 saturated heterocycles. The van der Waals surface area contributed by atoms with Crippen LogP contribution in [0.4, 0.5) is 0 Å². The summed E-state index contributed by atoms with van der Waals surface area (Å²) in [6, 6.07) is -5.45. The van der Waals surface area contributed by atoms with Crippen molar-refractivity contribution >= 4 is 29.8 Å². The van der Waals surface area contributed by atoms with Crippen LogP contribution in [0.25, 0.3) is 0 Å². The molecule has 326 valence electrons. The molecule has 0 bridgehead atoms. The van der Waals surface area contributed by atoms with Gasteiger partial charge in [-0.05, 0) is 6.42 Å². The molecular weight excluding hydrogens is 770 g/mol. The predicted octanol–water partition coefficient (Wildman–Crippen LogP) is -12.3.